The number of halogens is 3. The van der Waals surface area contributed by atoms with Gasteiger partial charge in [-0.25, -0.2) is 18.2 Å². The van der Waals surface area contributed by atoms with Gasteiger partial charge in [0.05, 0.1) is 17.4 Å². The first-order chi connectivity index (χ1) is 15.8. The van der Waals surface area contributed by atoms with Crippen LogP contribution >= 0.6 is 0 Å². The molecular formula is C23H23F3N6O. The van der Waals surface area contributed by atoms with Gasteiger partial charge < -0.3 is 22.1 Å². The fourth-order valence-electron chi connectivity index (χ4n) is 3.91. The van der Waals surface area contributed by atoms with Crippen molar-refractivity contribution in [2.45, 2.75) is 37.8 Å². The maximum atomic E-state index is 14.7. The number of benzene rings is 1. The van der Waals surface area contributed by atoms with Crippen LogP contribution in [-0.4, -0.2) is 28.0 Å². The number of aromatic nitrogens is 2. The Morgan fingerprint density at radius 3 is 2.58 bits per heavy atom. The number of hydrogen-bond donors (Lipinski definition) is 4. The van der Waals surface area contributed by atoms with E-state index in [0.29, 0.717) is 11.3 Å². The third-order valence-electron chi connectivity index (χ3n) is 5.65. The predicted molar refractivity (Wildman–Crippen MR) is 119 cm³/mol. The second kappa shape index (κ2) is 9.45. The highest BCUT2D eigenvalue weighted by molar-refractivity contribution is 5.98. The maximum Gasteiger partial charge on any atom is 0.252 e. The molecule has 0 saturated heterocycles. The number of carbonyl (C=O) groups excluding carboxylic acids is 1. The molecule has 4 rings (SSSR count). The largest absolute Gasteiger partial charge is 0.365 e. The fourth-order valence-corrected chi connectivity index (χ4v) is 3.91. The predicted octanol–water partition coefficient (Wildman–Crippen LogP) is 4.09. The van der Waals surface area contributed by atoms with Crippen molar-refractivity contribution in [1.82, 2.24) is 9.97 Å². The number of nitrogens with two attached hydrogens (primary N) is 2. The fraction of sp³-hybridized carbons (Fsp3) is 0.261. The lowest BCUT2D eigenvalue weighted by Gasteiger charge is -2.30. The first-order valence-electron chi connectivity index (χ1n) is 10.5. The van der Waals surface area contributed by atoms with Crippen molar-refractivity contribution in [3.05, 3.63) is 65.7 Å². The summed E-state index contributed by atoms with van der Waals surface area (Å²) < 4.78 is 42.5. The molecule has 0 bridgehead atoms. The molecule has 172 valence electrons. The molecule has 1 saturated carbocycles. The minimum absolute atomic E-state index is 0.00514. The highest BCUT2D eigenvalue weighted by atomic mass is 19.2. The Hall–Kier alpha value is -3.66. The normalized spacial score (nSPS) is 18.1. The Labute approximate surface area is 188 Å². The van der Waals surface area contributed by atoms with Crippen LogP contribution in [0.25, 0.3) is 11.1 Å². The van der Waals surface area contributed by atoms with Crippen LogP contribution in [0.15, 0.2) is 42.7 Å². The highest BCUT2D eigenvalue weighted by Gasteiger charge is 2.24. The number of carbonyl (C=O) groups is 1. The van der Waals surface area contributed by atoms with Gasteiger partial charge in [0.2, 0.25) is 0 Å². The lowest BCUT2D eigenvalue weighted by atomic mass is 9.91. The molecule has 0 unspecified atom stereocenters. The van der Waals surface area contributed by atoms with Crippen LogP contribution < -0.4 is 22.1 Å². The lowest BCUT2D eigenvalue weighted by molar-refractivity contribution is 0.100. The number of nitrogens with one attached hydrogen (secondary N) is 2. The zero-order chi connectivity index (χ0) is 23.5. The van der Waals surface area contributed by atoms with Crippen LogP contribution in [0.3, 0.4) is 0 Å². The van der Waals surface area contributed by atoms with Gasteiger partial charge in [0.25, 0.3) is 5.91 Å². The van der Waals surface area contributed by atoms with Crippen LogP contribution in [0.4, 0.5) is 30.5 Å². The standard InChI is InChI=1S/C23H23F3N6O/c24-16-5-3-4-14(20(16)26)12-8-13(11-29-10-12)30-22-15(21(28)33)9-17(25)23(32-22)31-19-7-2-1-6-18(19)27/h3-5,8-11,18-19H,1-2,6-7,27H2,(H2,28,33)(H2,30,31,32)/t18-,19+/m0/s1. The molecule has 10 heteroatoms. The van der Waals surface area contributed by atoms with E-state index in [-0.39, 0.29) is 34.8 Å². The Morgan fingerprint density at radius 2 is 1.82 bits per heavy atom. The summed E-state index contributed by atoms with van der Waals surface area (Å²) in [6.45, 7) is 0. The summed E-state index contributed by atoms with van der Waals surface area (Å²) >= 11 is 0. The quantitative estimate of drug-likeness (QED) is 0.444. The average molecular weight is 456 g/mol. The zero-order valence-electron chi connectivity index (χ0n) is 17.6. The topological polar surface area (TPSA) is 119 Å². The molecule has 0 aliphatic heterocycles. The monoisotopic (exact) mass is 456 g/mol. The van der Waals surface area contributed by atoms with E-state index in [4.69, 9.17) is 11.5 Å². The Bertz CT molecular complexity index is 1190. The van der Waals surface area contributed by atoms with Gasteiger partial charge in [-0.2, -0.15) is 0 Å². The molecule has 3 aromatic rings. The number of anilines is 3. The molecule has 0 radical (unpaired) electrons. The van der Waals surface area contributed by atoms with Gasteiger partial charge in [0.1, 0.15) is 5.82 Å². The summed E-state index contributed by atoms with van der Waals surface area (Å²) in [7, 11) is 0. The first-order valence-corrected chi connectivity index (χ1v) is 10.5. The molecule has 1 aromatic carbocycles. The SMILES string of the molecule is NC(=O)c1cc(F)c(N[C@@H]2CCCC[C@@H]2N)nc1Nc1cncc(-c2cccc(F)c2F)c1. The second-order valence-corrected chi connectivity index (χ2v) is 7.97. The summed E-state index contributed by atoms with van der Waals surface area (Å²) in [5.41, 5.74) is 12.0. The van der Waals surface area contributed by atoms with E-state index in [1.54, 1.807) is 0 Å². The zero-order valence-corrected chi connectivity index (χ0v) is 17.6. The Balaban J connectivity index is 1.67. The van der Waals surface area contributed by atoms with E-state index in [0.717, 1.165) is 37.8 Å². The van der Waals surface area contributed by atoms with Gasteiger partial charge >= 0.3 is 0 Å². The van der Waals surface area contributed by atoms with E-state index < -0.39 is 23.4 Å². The summed E-state index contributed by atoms with van der Waals surface area (Å²) in [5.74, 6) is -3.69. The molecule has 6 N–H and O–H groups in total. The second-order valence-electron chi connectivity index (χ2n) is 7.97. The van der Waals surface area contributed by atoms with Crippen LogP contribution in [-0.2, 0) is 0 Å². The van der Waals surface area contributed by atoms with E-state index in [1.807, 2.05) is 0 Å². The molecule has 7 nitrogen and oxygen atoms in total. The Kier molecular flexibility index (Phi) is 6.45. The van der Waals surface area contributed by atoms with Gasteiger partial charge in [-0.3, -0.25) is 9.78 Å². The third kappa shape index (κ3) is 4.90. The molecule has 1 aliphatic carbocycles. The van der Waals surface area contributed by atoms with Crippen LogP contribution in [0.1, 0.15) is 36.0 Å². The van der Waals surface area contributed by atoms with Crippen LogP contribution in [0.5, 0.6) is 0 Å². The van der Waals surface area contributed by atoms with E-state index in [9.17, 15) is 18.0 Å². The number of primary amides is 1. The van der Waals surface area contributed by atoms with Crippen molar-refractivity contribution in [2.24, 2.45) is 11.5 Å². The van der Waals surface area contributed by atoms with Gasteiger partial charge in [-0.1, -0.05) is 25.0 Å². The molecule has 1 aliphatic rings. The van der Waals surface area contributed by atoms with Crippen molar-refractivity contribution in [3.8, 4) is 11.1 Å². The smallest absolute Gasteiger partial charge is 0.252 e. The minimum Gasteiger partial charge on any atom is -0.365 e. The number of nitrogens with zero attached hydrogens (tertiary/aromatic N) is 2. The minimum atomic E-state index is -1.01. The molecule has 0 spiro atoms. The molecule has 33 heavy (non-hydrogen) atoms. The van der Waals surface area contributed by atoms with Gasteiger partial charge in [-0.05, 0) is 31.0 Å². The highest BCUT2D eigenvalue weighted by Crippen LogP contribution is 2.29. The lowest BCUT2D eigenvalue weighted by Crippen LogP contribution is -2.43. The summed E-state index contributed by atoms with van der Waals surface area (Å²) in [6.07, 6.45) is 6.34. The summed E-state index contributed by atoms with van der Waals surface area (Å²) in [6, 6.07) is 6.02. The van der Waals surface area contributed by atoms with Gasteiger partial charge in [0.15, 0.2) is 23.3 Å². The van der Waals surface area contributed by atoms with Crippen molar-refractivity contribution >= 4 is 23.2 Å². The van der Waals surface area contributed by atoms with Crippen molar-refractivity contribution in [2.75, 3.05) is 10.6 Å². The molecular weight excluding hydrogens is 433 g/mol. The van der Waals surface area contributed by atoms with E-state index in [2.05, 4.69) is 20.6 Å². The van der Waals surface area contributed by atoms with Crippen molar-refractivity contribution in [1.29, 1.82) is 0 Å². The van der Waals surface area contributed by atoms with E-state index >= 15 is 0 Å². The average Bonchev–Trinajstić information content (AvgIpc) is 2.79. The number of amides is 1. The molecule has 1 fully saturated rings. The van der Waals surface area contributed by atoms with Gasteiger partial charge in [-0.15, -0.1) is 0 Å². The molecule has 2 heterocycles. The number of hydrogen-bond acceptors (Lipinski definition) is 6. The van der Waals surface area contributed by atoms with Crippen molar-refractivity contribution in [3.63, 3.8) is 0 Å². The van der Waals surface area contributed by atoms with Crippen molar-refractivity contribution < 1.29 is 18.0 Å². The summed E-state index contributed by atoms with van der Waals surface area (Å²) in [4.78, 5) is 20.2. The first kappa shape index (κ1) is 22.5. The number of rotatable bonds is 6. The molecule has 2 atom stereocenters. The van der Waals surface area contributed by atoms with Crippen LogP contribution in [0, 0.1) is 17.5 Å². The summed E-state index contributed by atoms with van der Waals surface area (Å²) in [5, 5.41) is 5.92. The maximum absolute atomic E-state index is 14.7. The van der Waals surface area contributed by atoms with Gasteiger partial charge in [0, 0.05) is 29.4 Å². The molecule has 2 aromatic heterocycles. The molecule has 1 amide bonds. The third-order valence-corrected chi connectivity index (χ3v) is 5.65. The van der Waals surface area contributed by atoms with Crippen LogP contribution in [0.2, 0.25) is 0 Å². The van der Waals surface area contributed by atoms with E-state index in [1.165, 1.54) is 30.6 Å². The Morgan fingerprint density at radius 1 is 1.03 bits per heavy atom. The number of pyridine rings is 2.